The van der Waals surface area contributed by atoms with E-state index in [9.17, 15) is 4.79 Å². The number of anilines is 1. The first-order valence-corrected chi connectivity index (χ1v) is 6.03. The maximum atomic E-state index is 11.8. The van der Waals surface area contributed by atoms with Gasteiger partial charge >= 0.3 is 5.97 Å². The van der Waals surface area contributed by atoms with Gasteiger partial charge in [-0.15, -0.1) is 0 Å². The summed E-state index contributed by atoms with van der Waals surface area (Å²) in [4.78, 5) is 11.8. The predicted octanol–water partition coefficient (Wildman–Crippen LogP) is 2.77. The molecule has 0 radical (unpaired) electrons. The molecule has 0 spiro atoms. The van der Waals surface area contributed by atoms with Crippen molar-refractivity contribution in [3.63, 3.8) is 0 Å². The summed E-state index contributed by atoms with van der Waals surface area (Å²) in [6.45, 7) is 0.294. The van der Waals surface area contributed by atoms with Gasteiger partial charge in [-0.25, -0.2) is 4.79 Å². The highest BCUT2D eigenvalue weighted by Gasteiger charge is 2.43. The van der Waals surface area contributed by atoms with Crippen LogP contribution in [0, 0.1) is 16.7 Å². The van der Waals surface area contributed by atoms with E-state index < -0.39 is 5.97 Å². The van der Waals surface area contributed by atoms with Crippen molar-refractivity contribution in [2.75, 3.05) is 12.3 Å². The quantitative estimate of drug-likeness (QED) is 0.670. The smallest absolute Gasteiger partial charge is 0.338 e. The normalized spacial score (nSPS) is 15.8. The van der Waals surface area contributed by atoms with Crippen molar-refractivity contribution in [2.45, 2.75) is 19.3 Å². The van der Waals surface area contributed by atoms with Gasteiger partial charge in [0.25, 0.3) is 0 Å². The number of nitrogens with two attached hydrogens (primary N) is 1. The minimum atomic E-state index is -0.428. The molecule has 1 aromatic rings. The molecule has 94 valence electrons. The van der Waals surface area contributed by atoms with Gasteiger partial charge in [-0.3, -0.25) is 0 Å². The number of carbonyl (C=O) groups excluding carboxylic acids is 1. The Hall–Kier alpha value is -1.73. The highest BCUT2D eigenvalue weighted by atomic mass is 35.5. The fraction of sp³-hybridized carbons (Fsp3) is 0.385. The molecule has 0 aliphatic heterocycles. The average Bonchev–Trinajstić information content (AvgIpc) is 3.11. The Morgan fingerprint density at radius 1 is 1.56 bits per heavy atom. The van der Waals surface area contributed by atoms with Crippen LogP contribution < -0.4 is 5.73 Å². The highest BCUT2D eigenvalue weighted by molar-refractivity contribution is 6.33. The second kappa shape index (κ2) is 4.87. The van der Waals surface area contributed by atoms with Crippen molar-refractivity contribution in [1.29, 1.82) is 5.26 Å². The Morgan fingerprint density at radius 3 is 2.83 bits per heavy atom. The predicted molar refractivity (Wildman–Crippen MR) is 68.0 cm³/mol. The first-order chi connectivity index (χ1) is 8.56. The molecular weight excluding hydrogens is 252 g/mol. The van der Waals surface area contributed by atoms with Crippen LogP contribution in [-0.2, 0) is 4.74 Å². The van der Waals surface area contributed by atoms with Gasteiger partial charge in [0.2, 0.25) is 0 Å². The molecule has 2 rings (SSSR count). The third kappa shape index (κ3) is 2.74. The van der Waals surface area contributed by atoms with Crippen LogP contribution in [0.15, 0.2) is 18.2 Å². The van der Waals surface area contributed by atoms with Gasteiger partial charge in [0, 0.05) is 11.8 Å². The van der Waals surface area contributed by atoms with Crippen molar-refractivity contribution in [1.82, 2.24) is 0 Å². The van der Waals surface area contributed by atoms with E-state index in [0.717, 1.165) is 12.8 Å². The summed E-state index contributed by atoms with van der Waals surface area (Å²) in [5.41, 5.74) is 6.24. The van der Waals surface area contributed by atoms with Gasteiger partial charge in [-0.1, -0.05) is 11.6 Å². The van der Waals surface area contributed by atoms with Crippen molar-refractivity contribution < 1.29 is 9.53 Å². The van der Waals surface area contributed by atoms with Gasteiger partial charge in [0.15, 0.2) is 0 Å². The minimum absolute atomic E-state index is 0.109. The van der Waals surface area contributed by atoms with Crippen LogP contribution in [-0.4, -0.2) is 12.6 Å². The van der Waals surface area contributed by atoms with E-state index in [-0.39, 0.29) is 5.41 Å². The van der Waals surface area contributed by atoms with Gasteiger partial charge in [-0.2, -0.15) is 5.26 Å². The molecule has 0 unspecified atom stereocenters. The molecule has 1 aliphatic carbocycles. The van der Waals surface area contributed by atoms with Gasteiger partial charge in [-0.05, 0) is 31.0 Å². The fourth-order valence-electron chi connectivity index (χ4n) is 1.69. The van der Waals surface area contributed by atoms with Crippen LogP contribution in [0.2, 0.25) is 5.02 Å². The third-order valence-corrected chi connectivity index (χ3v) is 3.50. The summed E-state index contributed by atoms with van der Waals surface area (Å²) in [6.07, 6.45) is 2.32. The average molecular weight is 265 g/mol. The summed E-state index contributed by atoms with van der Waals surface area (Å²) in [6, 6.07) is 6.76. The Morgan fingerprint density at radius 2 is 2.28 bits per heavy atom. The van der Waals surface area contributed by atoms with Crippen molar-refractivity contribution in [2.24, 2.45) is 5.41 Å². The molecule has 0 amide bonds. The molecule has 0 saturated heterocycles. The van der Waals surface area contributed by atoms with E-state index in [4.69, 9.17) is 27.3 Å². The number of halogens is 1. The summed E-state index contributed by atoms with van der Waals surface area (Å²) in [5.74, 6) is -0.428. The largest absolute Gasteiger partial charge is 0.461 e. The summed E-state index contributed by atoms with van der Waals surface area (Å²) < 4.78 is 5.21. The van der Waals surface area contributed by atoms with E-state index in [0.29, 0.717) is 29.3 Å². The number of nitriles is 1. The summed E-state index contributed by atoms with van der Waals surface area (Å²) in [7, 11) is 0. The number of benzene rings is 1. The van der Waals surface area contributed by atoms with E-state index in [1.165, 1.54) is 6.07 Å². The van der Waals surface area contributed by atoms with Crippen molar-refractivity contribution >= 4 is 23.3 Å². The first-order valence-electron chi connectivity index (χ1n) is 5.65. The van der Waals surface area contributed by atoms with Crippen LogP contribution in [0.3, 0.4) is 0 Å². The Kier molecular flexibility index (Phi) is 3.44. The molecule has 0 bridgehead atoms. The molecule has 1 saturated carbocycles. The van der Waals surface area contributed by atoms with Gasteiger partial charge in [0.1, 0.15) is 0 Å². The van der Waals surface area contributed by atoms with Crippen LogP contribution >= 0.6 is 11.6 Å². The number of nitrogen functional groups attached to an aromatic ring is 1. The maximum Gasteiger partial charge on any atom is 0.338 e. The molecular formula is C13H13ClN2O2. The van der Waals surface area contributed by atoms with E-state index in [2.05, 4.69) is 6.07 Å². The second-order valence-electron chi connectivity index (χ2n) is 4.65. The van der Waals surface area contributed by atoms with Crippen LogP contribution in [0.25, 0.3) is 0 Å². The maximum absolute atomic E-state index is 11.8. The number of carbonyl (C=O) groups is 1. The number of rotatable bonds is 4. The molecule has 5 heteroatoms. The molecule has 0 atom stereocenters. The van der Waals surface area contributed by atoms with Crippen LogP contribution in [0.1, 0.15) is 29.6 Å². The number of esters is 1. The number of hydrogen-bond acceptors (Lipinski definition) is 4. The van der Waals surface area contributed by atoms with E-state index >= 15 is 0 Å². The SMILES string of the molecule is N#CCC1(COC(=O)c2ccc(Cl)c(N)c2)CC1. The van der Waals surface area contributed by atoms with Crippen molar-refractivity contribution in [3.8, 4) is 6.07 Å². The first kappa shape index (κ1) is 12.7. The lowest BCUT2D eigenvalue weighted by molar-refractivity contribution is 0.0419. The topological polar surface area (TPSA) is 76.1 Å². The molecule has 0 aromatic heterocycles. The van der Waals surface area contributed by atoms with Crippen LogP contribution in [0.5, 0.6) is 0 Å². The molecule has 4 nitrogen and oxygen atoms in total. The number of nitrogens with zero attached hydrogens (tertiary/aromatic N) is 1. The molecule has 0 heterocycles. The lowest BCUT2D eigenvalue weighted by atomic mass is 10.1. The summed E-state index contributed by atoms with van der Waals surface area (Å²) in [5, 5.41) is 9.08. The van der Waals surface area contributed by atoms with E-state index in [1.54, 1.807) is 12.1 Å². The summed E-state index contributed by atoms with van der Waals surface area (Å²) >= 11 is 5.77. The minimum Gasteiger partial charge on any atom is -0.461 e. The Balaban J connectivity index is 1.96. The molecule has 1 fully saturated rings. The highest BCUT2D eigenvalue weighted by Crippen LogP contribution is 2.48. The molecule has 1 aromatic carbocycles. The van der Waals surface area contributed by atoms with E-state index in [1.807, 2.05) is 0 Å². The zero-order valence-electron chi connectivity index (χ0n) is 9.78. The van der Waals surface area contributed by atoms with Crippen LogP contribution in [0.4, 0.5) is 5.69 Å². The Labute approximate surface area is 110 Å². The zero-order valence-corrected chi connectivity index (χ0v) is 10.5. The second-order valence-corrected chi connectivity index (χ2v) is 5.05. The Bertz CT molecular complexity index is 518. The van der Waals surface area contributed by atoms with Gasteiger partial charge < -0.3 is 10.5 Å². The zero-order chi connectivity index (χ0) is 13.2. The molecule has 2 N–H and O–H groups in total. The lowest BCUT2D eigenvalue weighted by Gasteiger charge is -2.11. The molecule has 18 heavy (non-hydrogen) atoms. The fourth-order valence-corrected chi connectivity index (χ4v) is 1.81. The third-order valence-electron chi connectivity index (χ3n) is 3.15. The standard InChI is InChI=1S/C13H13ClN2O2/c14-10-2-1-9(7-11(10)16)12(17)18-8-13(3-4-13)5-6-15/h1-2,7H,3-5,8,16H2. The lowest BCUT2D eigenvalue weighted by Crippen LogP contribution is -2.15. The number of ether oxygens (including phenoxy) is 1. The van der Waals surface area contributed by atoms with Gasteiger partial charge in [0.05, 0.1) is 28.9 Å². The molecule has 1 aliphatic rings. The monoisotopic (exact) mass is 264 g/mol. The number of hydrogen-bond donors (Lipinski definition) is 1. The van der Waals surface area contributed by atoms with Crippen molar-refractivity contribution in [3.05, 3.63) is 28.8 Å².